The van der Waals surface area contributed by atoms with Crippen LogP contribution in [0, 0.1) is 6.92 Å². The highest BCUT2D eigenvalue weighted by Crippen LogP contribution is 2.20. The third-order valence-corrected chi connectivity index (χ3v) is 5.88. The van der Waals surface area contributed by atoms with Crippen LogP contribution in [-0.4, -0.2) is 22.0 Å². The van der Waals surface area contributed by atoms with E-state index in [2.05, 4.69) is 40.2 Å². The number of unbranched alkanes of at least 4 members (excludes halogenated alkanes) is 2. The fraction of sp³-hybridized carbons (Fsp3) is 0.259. The summed E-state index contributed by atoms with van der Waals surface area (Å²) in [5.74, 6) is 1.10. The van der Waals surface area contributed by atoms with Crippen molar-refractivity contribution in [3.05, 3.63) is 100 Å². The molecule has 32 heavy (non-hydrogen) atoms. The van der Waals surface area contributed by atoms with Crippen LogP contribution in [0.5, 0.6) is 0 Å². The molecule has 0 saturated carbocycles. The van der Waals surface area contributed by atoms with Crippen LogP contribution in [0.25, 0.3) is 11.0 Å². The molecule has 0 saturated heterocycles. The Hall–Kier alpha value is -3.11. The lowest BCUT2D eigenvalue weighted by Crippen LogP contribution is -2.24. The number of fused-ring (bicyclic) bond motifs is 1. The third kappa shape index (κ3) is 5.57. The Labute approximate surface area is 194 Å². The van der Waals surface area contributed by atoms with Crippen molar-refractivity contribution in [3.8, 4) is 0 Å². The molecule has 164 valence electrons. The summed E-state index contributed by atoms with van der Waals surface area (Å²) in [6.45, 7) is 3.46. The smallest absolute Gasteiger partial charge is 0.251 e. The summed E-state index contributed by atoms with van der Waals surface area (Å²) in [7, 11) is 0. The van der Waals surface area contributed by atoms with E-state index in [0.29, 0.717) is 6.54 Å². The van der Waals surface area contributed by atoms with Crippen molar-refractivity contribution in [2.75, 3.05) is 6.54 Å². The summed E-state index contributed by atoms with van der Waals surface area (Å²) in [6.07, 6.45) is 3.94. The van der Waals surface area contributed by atoms with E-state index >= 15 is 0 Å². The lowest BCUT2D eigenvalue weighted by molar-refractivity contribution is 0.0953. The minimum absolute atomic E-state index is 0.00143. The lowest BCUT2D eigenvalue weighted by Gasteiger charge is -2.10. The predicted octanol–water partition coefficient (Wildman–Crippen LogP) is 6.19. The molecule has 0 unspecified atom stereocenters. The Bertz CT molecular complexity index is 1200. The zero-order valence-electron chi connectivity index (χ0n) is 18.4. The number of hydrogen-bond acceptors (Lipinski definition) is 2. The van der Waals surface area contributed by atoms with E-state index in [1.54, 1.807) is 0 Å². The highest BCUT2D eigenvalue weighted by atomic mass is 35.5. The average Bonchev–Trinajstić information content (AvgIpc) is 3.14. The molecular formula is C27H28ClN3O. The molecular weight excluding hydrogens is 418 g/mol. The first kappa shape index (κ1) is 22.1. The molecule has 1 aromatic heterocycles. The quantitative estimate of drug-likeness (QED) is 0.312. The molecule has 0 aliphatic rings. The van der Waals surface area contributed by atoms with Gasteiger partial charge in [-0.3, -0.25) is 4.79 Å². The van der Waals surface area contributed by atoms with Gasteiger partial charge in [-0.15, -0.1) is 0 Å². The van der Waals surface area contributed by atoms with E-state index in [1.165, 1.54) is 5.56 Å². The SMILES string of the molecule is Cc1cccc(C(=O)NCCCCCc2nc3ccccc3n2Cc2ccc(Cl)cc2)c1. The van der Waals surface area contributed by atoms with Gasteiger partial charge in [-0.25, -0.2) is 4.98 Å². The van der Waals surface area contributed by atoms with Gasteiger partial charge in [0, 0.05) is 30.1 Å². The van der Waals surface area contributed by atoms with Crippen molar-refractivity contribution in [1.29, 1.82) is 0 Å². The molecule has 4 rings (SSSR count). The average molecular weight is 446 g/mol. The van der Waals surface area contributed by atoms with Crippen molar-refractivity contribution in [2.24, 2.45) is 0 Å². The Kier molecular flexibility index (Phi) is 7.23. The Morgan fingerprint density at radius 1 is 0.969 bits per heavy atom. The highest BCUT2D eigenvalue weighted by Gasteiger charge is 2.11. The summed E-state index contributed by atoms with van der Waals surface area (Å²) in [5.41, 5.74) is 5.21. The number of nitrogens with zero attached hydrogens (tertiary/aromatic N) is 2. The van der Waals surface area contributed by atoms with Gasteiger partial charge in [0.05, 0.1) is 11.0 Å². The monoisotopic (exact) mass is 445 g/mol. The van der Waals surface area contributed by atoms with Gasteiger partial charge in [-0.2, -0.15) is 0 Å². The number of para-hydroxylation sites is 2. The van der Waals surface area contributed by atoms with Crippen molar-refractivity contribution >= 4 is 28.5 Å². The first-order chi connectivity index (χ1) is 15.6. The lowest BCUT2D eigenvalue weighted by atomic mass is 10.1. The maximum Gasteiger partial charge on any atom is 0.251 e. The number of aryl methyl sites for hydroxylation is 2. The van der Waals surface area contributed by atoms with Gasteiger partial charge >= 0.3 is 0 Å². The van der Waals surface area contributed by atoms with Crippen molar-refractivity contribution in [3.63, 3.8) is 0 Å². The predicted molar refractivity (Wildman–Crippen MR) is 131 cm³/mol. The zero-order valence-corrected chi connectivity index (χ0v) is 19.1. The second-order valence-electron chi connectivity index (χ2n) is 8.17. The molecule has 1 N–H and O–H groups in total. The summed E-state index contributed by atoms with van der Waals surface area (Å²) in [4.78, 5) is 17.1. The number of carbonyl (C=O) groups excluding carboxylic acids is 1. The Balaban J connectivity index is 1.32. The van der Waals surface area contributed by atoms with Crippen molar-refractivity contribution in [2.45, 2.75) is 39.2 Å². The van der Waals surface area contributed by atoms with Crippen LogP contribution in [0.15, 0.2) is 72.8 Å². The van der Waals surface area contributed by atoms with Gasteiger partial charge in [0.25, 0.3) is 5.91 Å². The number of aromatic nitrogens is 2. The fourth-order valence-corrected chi connectivity index (χ4v) is 4.07. The van der Waals surface area contributed by atoms with Gasteiger partial charge in [0.2, 0.25) is 0 Å². The number of halogens is 1. The van der Waals surface area contributed by atoms with Crippen LogP contribution in [0.4, 0.5) is 0 Å². The molecule has 0 aliphatic heterocycles. The van der Waals surface area contributed by atoms with Gasteiger partial charge in [-0.05, 0) is 61.7 Å². The summed E-state index contributed by atoms with van der Waals surface area (Å²) < 4.78 is 2.30. The van der Waals surface area contributed by atoms with Crippen molar-refractivity contribution < 1.29 is 4.79 Å². The first-order valence-electron chi connectivity index (χ1n) is 11.1. The van der Waals surface area contributed by atoms with Crippen LogP contribution < -0.4 is 5.32 Å². The van der Waals surface area contributed by atoms with Gasteiger partial charge < -0.3 is 9.88 Å². The van der Waals surface area contributed by atoms with Crippen LogP contribution in [0.1, 0.15) is 46.6 Å². The van der Waals surface area contributed by atoms with Crippen LogP contribution in [0.3, 0.4) is 0 Å². The number of carbonyl (C=O) groups is 1. The molecule has 1 heterocycles. The van der Waals surface area contributed by atoms with E-state index in [4.69, 9.17) is 16.6 Å². The standard InChI is InChI=1S/C27H28ClN3O/c1-20-8-7-9-22(18-20)27(32)29-17-6-2-3-12-26-30-24-10-4-5-11-25(24)31(26)19-21-13-15-23(28)16-14-21/h4-5,7-11,13-16,18H,2-3,6,12,17,19H2,1H3,(H,29,32). The number of rotatable bonds is 9. The zero-order chi connectivity index (χ0) is 22.3. The van der Waals surface area contributed by atoms with Crippen LogP contribution in [-0.2, 0) is 13.0 Å². The second kappa shape index (κ2) is 10.5. The molecule has 0 radical (unpaired) electrons. The van der Waals surface area contributed by atoms with E-state index in [1.807, 2.05) is 49.4 Å². The molecule has 0 fully saturated rings. The maximum absolute atomic E-state index is 12.3. The van der Waals surface area contributed by atoms with Crippen LogP contribution in [0.2, 0.25) is 5.02 Å². The van der Waals surface area contributed by atoms with E-state index in [0.717, 1.165) is 65.2 Å². The normalized spacial score (nSPS) is 11.1. The maximum atomic E-state index is 12.3. The third-order valence-electron chi connectivity index (χ3n) is 5.63. The van der Waals surface area contributed by atoms with E-state index in [9.17, 15) is 4.79 Å². The van der Waals surface area contributed by atoms with E-state index < -0.39 is 0 Å². The number of imidazole rings is 1. The Morgan fingerprint density at radius 3 is 2.59 bits per heavy atom. The summed E-state index contributed by atoms with van der Waals surface area (Å²) in [5, 5.41) is 3.77. The largest absolute Gasteiger partial charge is 0.352 e. The number of hydrogen-bond donors (Lipinski definition) is 1. The fourth-order valence-electron chi connectivity index (χ4n) is 3.94. The Morgan fingerprint density at radius 2 is 1.78 bits per heavy atom. The molecule has 3 aromatic carbocycles. The first-order valence-corrected chi connectivity index (χ1v) is 11.5. The highest BCUT2D eigenvalue weighted by molar-refractivity contribution is 6.30. The van der Waals surface area contributed by atoms with Gasteiger partial charge in [0.1, 0.15) is 5.82 Å². The molecule has 0 bridgehead atoms. The van der Waals surface area contributed by atoms with Gasteiger partial charge in [-0.1, -0.05) is 60.0 Å². The van der Waals surface area contributed by atoms with Crippen molar-refractivity contribution in [1.82, 2.24) is 14.9 Å². The van der Waals surface area contributed by atoms with E-state index in [-0.39, 0.29) is 5.91 Å². The molecule has 1 amide bonds. The topological polar surface area (TPSA) is 46.9 Å². The minimum atomic E-state index is -0.00143. The summed E-state index contributed by atoms with van der Waals surface area (Å²) in [6, 6.07) is 24.0. The second-order valence-corrected chi connectivity index (χ2v) is 8.60. The van der Waals surface area contributed by atoms with Gasteiger partial charge in [0.15, 0.2) is 0 Å². The molecule has 0 spiro atoms. The summed E-state index contributed by atoms with van der Waals surface area (Å²) >= 11 is 6.05. The molecule has 4 aromatic rings. The molecule has 5 heteroatoms. The minimum Gasteiger partial charge on any atom is -0.352 e. The van der Waals surface area contributed by atoms with Crippen LogP contribution >= 0.6 is 11.6 Å². The number of benzene rings is 3. The molecule has 0 aliphatic carbocycles. The molecule has 0 atom stereocenters. The number of nitrogens with one attached hydrogen (secondary N) is 1. The molecule has 4 nitrogen and oxygen atoms in total. The number of amides is 1.